The van der Waals surface area contributed by atoms with Crippen molar-refractivity contribution in [1.82, 2.24) is 0 Å². The van der Waals surface area contributed by atoms with Gasteiger partial charge in [-0.3, -0.25) is 0 Å². The fourth-order valence-electron chi connectivity index (χ4n) is 2.11. The first-order valence-corrected chi connectivity index (χ1v) is 7.36. The summed E-state index contributed by atoms with van der Waals surface area (Å²) in [5.41, 5.74) is 1.01. The SMILES string of the molecule is CCCCCCCCCCNc1cccc(O)c1. The Morgan fingerprint density at radius 3 is 2.28 bits per heavy atom. The average Bonchev–Trinajstić information content (AvgIpc) is 2.37. The van der Waals surface area contributed by atoms with Crippen LogP contribution in [0.2, 0.25) is 0 Å². The van der Waals surface area contributed by atoms with Crippen LogP contribution in [-0.2, 0) is 0 Å². The van der Waals surface area contributed by atoms with Gasteiger partial charge in [-0.15, -0.1) is 0 Å². The second-order valence-corrected chi connectivity index (χ2v) is 4.95. The Morgan fingerprint density at radius 1 is 0.944 bits per heavy atom. The minimum atomic E-state index is 0.330. The maximum absolute atomic E-state index is 9.32. The van der Waals surface area contributed by atoms with Crippen molar-refractivity contribution in [3.8, 4) is 5.75 Å². The third-order valence-corrected chi connectivity index (χ3v) is 3.21. The molecule has 2 nitrogen and oxygen atoms in total. The average molecular weight is 249 g/mol. The van der Waals surface area contributed by atoms with Crippen molar-refractivity contribution in [2.24, 2.45) is 0 Å². The lowest BCUT2D eigenvalue weighted by Gasteiger charge is -2.06. The number of hydrogen-bond donors (Lipinski definition) is 2. The molecule has 18 heavy (non-hydrogen) atoms. The van der Waals surface area contributed by atoms with E-state index >= 15 is 0 Å². The van der Waals surface area contributed by atoms with E-state index in [2.05, 4.69) is 12.2 Å². The molecule has 0 aromatic heterocycles. The smallest absolute Gasteiger partial charge is 0.117 e. The molecule has 0 aliphatic carbocycles. The maximum atomic E-state index is 9.32. The Morgan fingerprint density at radius 2 is 1.61 bits per heavy atom. The molecule has 0 aliphatic heterocycles. The molecule has 2 heteroatoms. The van der Waals surface area contributed by atoms with Crippen molar-refractivity contribution in [1.29, 1.82) is 0 Å². The van der Waals surface area contributed by atoms with E-state index in [0.29, 0.717) is 5.75 Å². The third kappa shape index (κ3) is 7.21. The summed E-state index contributed by atoms with van der Waals surface area (Å²) in [6.45, 7) is 3.26. The zero-order valence-electron chi connectivity index (χ0n) is 11.6. The predicted molar refractivity (Wildman–Crippen MR) is 79.2 cm³/mol. The summed E-state index contributed by atoms with van der Waals surface area (Å²) in [6, 6.07) is 7.32. The molecule has 0 saturated carbocycles. The highest BCUT2D eigenvalue weighted by Gasteiger charge is 1.94. The molecule has 1 rings (SSSR count). The lowest BCUT2D eigenvalue weighted by atomic mass is 10.1. The van der Waals surface area contributed by atoms with Crippen LogP contribution in [0.3, 0.4) is 0 Å². The first-order valence-electron chi connectivity index (χ1n) is 7.36. The predicted octanol–water partition coefficient (Wildman–Crippen LogP) is 4.94. The van der Waals surface area contributed by atoms with Gasteiger partial charge in [-0.1, -0.05) is 57.9 Å². The van der Waals surface area contributed by atoms with Crippen molar-refractivity contribution in [3.63, 3.8) is 0 Å². The van der Waals surface area contributed by atoms with E-state index in [-0.39, 0.29) is 0 Å². The molecule has 2 N–H and O–H groups in total. The monoisotopic (exact) mass is 249 g/mol. The molecule has 0 bridgehead atoms. The van der Waals surface area contributed by atoms with Gasteiger partial charge in [0.1, 0.15) is 5.75 Å². The van der Waals surface area contributed by atoms with E-state index in [9.17, 15) is 5.11 Å². The minimum absolute atomic E-state index is 0.330. The van der Waals surface area contributed by atoms with Gasteiger partial charge in [0.2, 0.25) is 0 Å². The zero-order valence-corrected chi connectivity index (χ0v) is 11.6. The van der Waals surface area contributed by atoms with Crippen LogP contribution in [0.4, 0.5) is 5.69 Å². The van der Waals surface area contributed by atoms with E-state index in [1.54, 1.807) is 12.1 Å². The number of hydrogen-bond acceptors (Lipinski definition) is 2. The molecule has 0 aliphatic rings. The first-order chi connectivity index (χ1) is 8.83. The number of anilines is 1. The minimum Gasteiger partial charge on any atom is -0.508 e. The number of phenolic OH excluding ortho intramolecular Hbond substituents is 1. The fourth-order valence-corrected chi connectivity index (χ4v) is 2.11. The zero-order chi connectivity index (χ0) is 13.1. The van der Waals surface area contributed by atoms with Gasteiger partial charge in [0.25, 0.3) is 0 Å². The standard InChI is InChI=1S/C16H27NO/c1-2-3-4-5-6-7-8-9-13-17-15-11-10-12-16(18)14-15/h10-12,14,17-18H,2-9,13H2,1H3. The third-order valence-electron chi connectivity index (χ3n) is 3.21. The van der Waals surface area contributed by atoms with Gasteiger partial charge >= 0.3 is 0 Å². The molecule has 0 radical (unpaired) electrons. The Labute approximate surface area is 111 Å². The van der Waals surface area contributed by atoms with Crippen LogP contribution in [0.1, 0.15) is 58.3 Å². The number of nitrogens with one attached hydrogen (secondary N) is 1. The Bertz CT molecular complexity index is 312. The van der Waals surface area contributed by atoms with Gasteiger partial charge in [0, 0.05) is 18.3 Å². The summed E-state index contributed by atoms with van der Waals surface area (Å²) in [6.07, 6.45) is 10.8. The highest BCUT2D eigenvalue weighted by atomic mass is 16.3. The molecular weight excluding hydrogens is 222 g/mol. The summed E-state index contributed by atoms with van der Waals surface area (Å²) in [4.78, 5) is 0. The summed E-state index contributed by atoms with van der Waals surface area (Å²) >= 11 is 0. The summed E-state index contributed by atoms with van der Waals surface area (Å²) < 4.78 is 0. The molecule has 1 aromatic rings. The number of benzene rings is 1. The molecule has 0 amide bonds. The maximum Gasteiger partial charge on any atom is 0.117 e. The topological polar surface area (TPSA) is 32.3 Å². The fraction of sp³-hybridized carbons (Fsp3) is 0.625. The van der Waals surface area contributed by atoms with E-state index < -0.39 is 0 Å². The van der Waals surface area contributed by atoms with E-state index in [1.165, 1.54) is 51.4 Å². The molecule has 0 heterocycles. The van der Waals surface area contributed by atoms with Crippen molar-refractivity contribution in [2.75, 3.05) is 11.9 Å². The van der Waals surface area contributed by atoms with Crippen molar-refractivity contribution >= 4 is 5.69 Å². The molecule has 102 valence electrons. The number of rotatable bonds is 10. The summed E-state index contributed by atoms with van der Waals surface area (Å²) in [7, 11) is 0. The van der Waals surface area contributed by atoms with Crippen LogP contribution in [0.15, 0.2) is 24.3 Å². The van der Waals surface area contributed by atoms with Gasteiger partial charge in [0.15, 0.2) is 0 Å². The first kappa shape index (κ1) is 14.9. The van der Waals surface area contributed by atoms with Gasteiger partial charge in [-0.05, 0) is 18.6 Å². The molecular formula is C16H27NO. The lowest BCUT2D eigenvalue weighted by Crippen LogP contribution is -2.00. The van der Waals surface area contributed by atoms with Crippen molar-refractivity contribution in [3.05, 3.63) is 24.3 Å². The van der Waals surface area contributed by atoms with Gasteiger partial charge in [-0.2, -0.15) is 0 Å². The quantitative estimate of drug-likeness (QED) is 0.575. The van der Waals surface area contributed by atoms with Gasteiger partial charge in [-0.25, -0.2) is 0 Å². The molecule has 0 unspecified atom stereocenters. The van der Waals surface area contributed by atoms with E-state index in [0.717, 1.165) is 12.2 Å². The lowest BCUT2D eigenvalue weighted by molar-refractivity contribution is 0.475. The molecule has 0 spiro atoms. The normalized spacial score (nSPS) is 10.5. The molecule has 1 aromatic carbocycles. The van der Waals surface area contributed by atoms with E-state index in [4.69, 9.17) is 0 Å². The van der Waals surface area contributed by atoms with E-state index in [1.807, 2.05) is 12.1 Å². The highest BCUT2D eigenvalue weighted by molar-refractivity contribution is 5.47. The molecule has 0 saturated heterocycles. The number of phenols is 1. The molecule has 0 fully saturated rings. The Hall–Kier alpha value is -1.18. The largest absolute Gasteiger partial charge is 0.508 e. The summed E-state index contributed by atoms with van der Waals surface area (Å²) in [5.74, 6) is 0.330. The van der Waals surface area contributed by atoms with Crippen LogP contribution in [0.5, 0.6) is 5.75 Å². The van der Waals surface area contributed by atoms with Gasteiger partial charge in [0.05, 0.1) is 0 Å². The van der Waals surface area contributed by atoms with Crippen LogP contribution in [-0.4, -0.2) is 11.7 Å². The van der Waals surface area contributed by atoms with Crippen LogP contribution in [0.25, 0.3) is 0 Å². The Kier molecular flexibility index (Phi) is 8.11. The van der Waals surface area contributed by atoms with Crippen LogP contribution in [0, 0.1) is 0 Å². The van der Waals surface area contributed by atoms with Crippen LogP contribution >= 0.6 is 0 Å². The number of unbranched alkanes of at least 4 members (excludes halogenated alkanes) is 7. The van der Waals surface area contributed by atoms with Gasteiger partial charge < -0.3 is 10.4 Å². The number of aromatic hydroxyl groups is 1. The second-order valence-electron chi connectivity index (χ2n) is 4.95. The summed E-state index contributed by atoms with van der Waals surface area (Å²) in [5, 5.41) is 12.7. The van der Waals surface area contributed by atoms with Crippen molar-refractivity contribution in [2.45, 2.75) is 58.3 Å². The Balaban J connectivity index is 1.92. The van der Waals surface area contributed by atoms with Crippen LogP contribution < -0.4 is 5.32 Å². The van der Waals surface area contributed by atoms with Crippen molar-refractivity contribution < 1.29 is 5.11 Å². The highest BCUT2D eigenvalue weighted by Crippen LogP contribution is 2.15. The second kappa shape index (κ2) is 9.81. The molecule has 0 atom stereocenters.